The first-order chi connectivity index (χ1) is 30.3. The zero-order valence-corrected chi connectivity index (χ0v) is 42.2. The number of hydrogen-bond acceptors (Lipinski definition) is 0. The first kappa shape index (κ1) is 51.6. The van der Waals surface area contributed by atoms with E-state index in [0.29, 0.717) is 0 Å². The van der Waals surface area contributed by atoms with E-state index in [1.807, 2.05) is 13.8 Å². The molecule has 0 aromatic heterocycles. The van der Waals surface area contributed by atoms with E-state index in [-0.39, 0.29) is 36.5 Å². The molecule has 0 heterocycles. The Morgan fingerprint density at radius 2 is 0.609 bits per heavy atom. The van der Waals surface area contributed by atoms with Gasteiger partial charge in [0.15, 0.2) is 0 Å². The van der Waals surface area contributed by atoms with E-state index < -0.39 is 15.8 Å². The van der Waals surface area contributed by atoms with Crippen molar-refractivity contribution in [1.29, 1.82) is 0 Å². The van der Waals surface area contributed by atoms with Crippen LogP contribution in [0.3, 0.4) is 0 Å². The van der Waals surface area contributed by atoms with Gasteiger partial charge >= 0.3 is 19.5 Å². The molecule has 323 valence electrons. The molecule has 1 radical (unpaired) electrons. The standard InChI is InChI=1S/C44H32P2.C8H12.2C4H7.BrH.Ru/c1-5-19-35(20-6-1)45(36-21-7-2-8-22-36)41-31-29-33-17-13-15-27-39(33)43(41)44-40-28-16-14-18-34(40)30-32-42(44)46(37-23-9-3-10-24-37)38-25-11-4-12-26-38;1-2-4-6-8-7-5-3-1;2*1-4(2)3;;/h1-32H;1-2,7-8H,3-6H2;2*1-2H2,3H3;1H;/q;;2*-1;;+3/p-1/b;2-1-,8-7-;;;;. The molecule has 0 unspecified atom stereocenters. The normalized spacial score (nSPS) is 12.5. The maximum Gasteiger partial charge on any atom is 3.00 e. The molecule has 8 aromatic rings. The van der Waals surface area contributed by atoms with Gasteiger partial charge in [-0.1, -0.05) is 232 Å². The van der Waals surface area contributed by atoms with E-state index in [4.69, 9.17) is 0 Å². The molecule has 9 rings (SSSR count). The Labute approximate surface area is 410 Å². The molecule has 0 fully saturated rings. The summed E-state index contributed by atoms with van der Waals surface area (Å²) in [5, 5.41) is 13.3. The van der Waals surface area contributed by atoms with E-state index in [1.165, 1.54) is 90.2 Å². The smallest absolute Gasteiger partial charge is 1.00 e. The number of benzene rings is 8. The van der Waals surface area contributed by atoms with Crippen molar-refractivity contribution in [1.82, 2.24) is 0 Å². The van der Waals surface area contributed by atoms with Crippen molar-refractivity contribution in [2.24, 2.45) is 0 Å². The Balaban J connectivity index is 0.000000427. The number of rotatable bonds is 7. The molecule has 0 bridgehead atoms. The first-order valence-corrected chi connectivity index (χ1v) is 24.1. The average molecular weight is 1020 g/mol. The van der Waals surface area contributed by atoms with Crippen LogP contribution in [-0.4, -0.2) is 0 Å². The van der Waals surface area contributed by atoms with Crippen LogP contribution >= 0.6 is 15.8 Å². The van der Waals surface area contributed by atoms with Gasteiger partial charge in [0, 0.05) is 0 Å². The van der Waals surface area contributed by atoms with E-state index in [2.05, 4.69) is 245 Å². The quantitative estimate of drug-likeness (QED) is 0.0646. The van der Waals surface area contributed by atoms with Crippen LogP contribution in [0.4, 0.5) is 0 Å². The monoisotopic (exact) mass is 1020 g/mol. The van der Waals surface area contributed by atoms with Crippen LogP contribution in [0.15, 0.2) is 243 Å². The maximum absolute atomic E-state index is 3.44. The molecular weight excluding hydrogens is 964 g/mol. The van der Waals surface area contributed by atoms with Gasteiger partial charge in [0.1, 0.15) is 0 Å². The summed E-state index contributed by atoms with van der Waals surface area (Å²) >= 11 is 0. The van der Waals surface area contributed by atoms with Crippen LogP contribution in [0.25, 0.3) is 32.7 Å². The van der Waals surface area contributed by atoms with E-state index >= 15 is 0 Å². The maximum atomic E-state index is 3.44. The summed E-state index contributed by atoms with van der Waals surface area (Å²) in [4.78, 5) is 0. The predicted octanol–water partition coefficient (Wildman–Crippen LogP) is 11.6. The molecule has 0 N–H and O–H groups in total. The second-order valence-corrected chi connectivity index (χ2v) is 19.8. The number of fused-ring (bicyclic) bond motifs is 2. The van der Waals surface area contributed by atoms with Crippen LogP contribution in [0, 0.1) is 13.8 Å². The van der Waals surface area contributed by atoms with E-state index in [0.717, 1.165) is 11.1 Å². The molecular formula is C60H58BrP2Ru. The fourth-order valence-corrected chi connectivity index (χ4v) is 12.4. The SMILES string of the molecule is C1=C\CC/C=C\CC/1.C=C([CH2-])C.C=C([CH2-])C.[Br-].[Ru+3].c1ccc(P(c2ccccc2)c2ccc3ccccc3c2-c2c(P(c3ccccc3)c3ccccc3)ccc3ccccc23)cc1. The third-order valence-electron chi connectivity index (χ3n) is 9.94. The van der Waals surface area contributed by atoms with Crippen molar-refractivity contribution in [3.63, 3.8) is 0 Å². The summed E-state index contributed by atoms with van der Waals surface area (Å²) in [7, 11) is -1.70. The van der Waals surface area contributed by atoms with Gasteiger partial charge in [-0.3, -0.25) is 0 Å². The topological polar surface area (TPSA) is 0 Å². The molecule has 0 aliphatic heterocycles. The van der Waals surface area contributed by atoms with Gasteiger partial charge in [-0.2, -0.15) is 0 Å². The Bertz CT molecular complexity index is 2420. The number of halogens is 1. The van der Waals surface area contributed by atoms with Crippen molar-refractivity contribution in [3.05, 3.63) is 257 Å². The number of hydrogen-bond donors (Lipinski definition) is 0. The van der Waals surface area contributed by atoms with Crippen LogP contribution in [0.5, 0.6) is 0 Å². The zero-order valence-electron chi connectivity index (χ0n) is 37.1. The predicted molar refractivity (Wildman–Crippen MR) is 281 cm³/mol. The molecule has 4 heteroatoms. The fourth-order valence-electron chi connectivity index (χ4n) is 7.44. The van der Waals surface area contributed by atoms with Gasteiger partial charge in [0.05, 0.1) is 0 Å². The second-order valence-electron chi connectivity index (χ2n) is 15.4. The van der Waals surface area contributed by atoms with Crippen molar-refractivity contribution in [3.8, 4) is 11.1 Å². The summed E-state index contributed by atoms with van der Waals surface area (Å²) in [6.45, 7) is 17.5. The van der Waals surface area contributed by atoms with Crippen LogP contribution in [0.2, 0.25) is 0 Å². The molecule has 0 amide bonds. The molecule has 0 atom stereocenters. The van der Waals surface area contributed by atoms with Gasteiger partial charge in [0.25, 0.3) is 0 Å². The molecule has 0 nitrogen and oxygen atoms in total. The van der Waals surface area contributed by atoms with Crippen molar-refractivity contribution in [2.45, 2.75) is 39.5 Å². The molecule has 8 aromatic carbocycles. The van der Waals surface area contributed by atoms with Gasteiger partial charge in [-0.25, -0.2) is 38.2 Å². The summed E-state index contributed by atoms with van der Waals surface area (Å²) < 4.78 is 0. The van der Waals surface area contributed by atoms with Crippen molar-refractivity contribution in [2.75, 3.05) is 0 Å². The third kappa shape index (κ3) is 14.5. The third-order valence-corrected chi connectivity index (χ3v) is 14.9. The Morgan fingerprint density at radius 1 is 0.375 bits per heavy atom. The minimum atomic E-state index is -0.852. The fraction of sp³-hybridized carbons (Fsp3) is 0.100. The Hall–Kier alpha value is -5.06. The molecule has 1 aliphatic rings. The second kappa shape index (κ2) is 27.3. The summed E-state index contributed by atoms with van der Waals surface area (Å²) in [6, 6.07) is 71.8. The summed E-state index contributed by atoms with van der Waals surface area (Å²) in [6.07, 6.45) is 14.0. The largest absolute Gasteiger partial charge is 3.00 e. The van der Waals surface area contributed by atoms with Gasteiger partial charge in [-0.05, 0) is 106 Å². The first-order valence-electron chi connectivity index (χ1n) is 21.4. The van der Waals surface area contributed by atoms with Crippen molar-refractivity contribution < 1.29 is 36.5 Å². The summed E-state index contributed by atoms with van der Waals surface area (Å²) in [5.41, 5.74) is 4.53. The Kier molecular flexibility index (Phi) is 22.0. The molecule has 1 aliphatic carbocycles. The van der Waals surface area contributed by atoms with Gasteiger partial charge < -0.3 is 17.0 Å². The van der Waals surface area contributed by atoms with Crippen LogP contribution in [0.1, 0.15) is 39.5 Å². The minimum absolute atomic E-state index is 0. The molecule has 64 heavy (non-hydrogen) atoms. The van der Waals surface area contributed by atoms with Gasteiger partial charge in [-0.15, -0.1) is 0 Å². The van der Waals surface area contributed by atoms with Crippen molar-refractivity contribution >= 4 is 69.2 Å². The van der Waals surface area contributed by atoms with E-state index in [9.17, 15) is 0 Å². The zero-order chi connectivity index (χ0) is 43.5. The molecule has 0 saturated heterocycles. The van der Waals surface area contributed by atoms with Gasteiger partial charge in [0.2, 0.25) is 0 Å². The Morgan fingerprint density at radius 3 is 0.875 bits per heavy atom. The molecule has 0 saturated carbocycles. The van der Waals surface area contributed by atoms with E-state index in [1.54, 1.807) is 0 Å². The summed E-state index contributed by atoms with van der Waals surface area (Å²) in [5.74, 6) is 0. The average Bonchev–Trinajstić information content (AvgIpc) is 3.28. The van der Waals surface area contributed by atoms with Crippen LogP contribution < -0.4 is 48.8 Å². The minimum Gasteiger partial charge on any atom is -1.00 e. The van der Waals surface area contributed by atoms with Crippen LogP contribution in [-0.2, 0) is 19.5 Å². The number of allylic oxidation sites excluding steroid dienone is 6. The molecule has 0 spiro atoms.